The number of imide groups is 1. The Bertz CT molecular complexity index is 423. The SMILES string of the molecule is CCOC1C[C@H](N2C=C(C)C(=O)NC(=O)C2)O[C@@H]1CO. The van der Waals surface area contributed by atoms with E-state index in [4.69, 9.17) is 9.47 Å². The van der Waals surface area contributed by atoms with Crippen molar-refractivity contribution in [2.45, 2.75) is 38.7 Å². The number of aliphatic hydroxyl groups is 1. The minimum atomic E-state index is -0.407. The molecule has 0 spiro atoms. The maximum Gasteiger partial charge on any atom is 0.254 e. The molecule has 0 aliphatic carbocycles. The van der Waals surface area contributed by atoms with Gasteiger partial charge in [-0.2, -0.15) is 0 Å². The molecular formula is C13H20N2O5. The largest absolute Gasteiger partial charge is 0.394 e. The van der Waals surface area contributed by atoms with Crippen molar-refractivity contribution in [3.8, 4) is 0 Å². The Hall–Kier alpha value is -1.44. The van der Waals surface area contributed by atoms with E-state index in [9.17, 15) is 14.7 Å². The number of ether oxygens (including phenoxy) is 2. The molecule has 112 valence electrons. The molecule has 7 nitrogen and oxygen atoms in total. The van der Waals surface area contributed by atoms with Gasteiger partial charge in [0.2, 0.25) is 5.91 Å². The summed E-state index contributed by atoms with van der Waals surface area (Å²) in [7, 11) is 0. The van der Waals surface area contributed by atoms with Crippen LogP contribution < -0.4 is 5.32 Å². The van der Waals surface area contributed by atoms with Gasteiger partial charge in [0.25, 0.3) is 5.91 Å². The van der Waals surface area contributed by atoms with Crippen LogP contribution in [0, 0.1) is 0 Å². The van der Waals surface area contributed by atoms with Crippen LogP contribution in [0.1, 0.15) is 20.3 Å². The summed E-state index contributed by atoms with van der Waals surface area (Å²) in [5.74, 6) is -0.761. The highest BCUT2D eigenvalue weighted by Crippen LogP contribution is 2.26. The van der Waals surface area contributed by atoms with Crippen LogP contribution in [0.2, 0.25) is 0 Å². The quantitative estimate of drug-likeness (QED) is 0.668. The standard InChI is InChI=1S/C13H20N2O5/c1-3-19-9-4-12(20-10(9)7-16)15-5-8(2)13(18)14-11(17)6-15/h5,9-10,12,16H,3-4,6-7H2,1-2H3,(H,14,17,18)/t9?,10-,12-/m1/s1. The van der Waals surface area contributed by atoms with E-state index in [0.717, 1.165) is 0 Å². The topological polar surface area (TPSA) is 88.1 Å². The fourth-order valence-corrected chi connectivity index (χ4v) is 2.43. The van der Waals surface area contributed by atoms with Crippen molar-refractivity contribution in [2.75, 3.05) is 19.8 Å². The van der Waals surface area contributed by atoms with Gasteiger partial charge < -0.3 is 19.5 Å². The Balaban J connectivity index is 2.10. The summed E-state index contributed by atoms with van der Waals surface area (Å²) in [5.41, 5.74) is 0.444. The molecule has 2 heterocycles. The van der Waals surface area contributed by atoms with Crippen LogP contribution in [0.3, 0.4) is 0 Å². The molecule has 2 rings (SSSR count). The third-order valence-corrected chi connectivity index (χ3v) is 3.41. The third kappa shape index (κ3) is 3.17. The molecule has 2 aliphatic rings. The number of aliphatic hydroxyl groups excluding tert-OH is 1. The van der Waals surface area contributed by atoms with Crippen LogP contribution in [0.5, 0.6) is 0 Å². The number of hydrogen-bond donors (Lipinski definition) is 2. The van der Waals surface area contributed by atoms with E-state index in [1.807, 2.05) is 6.92 Å². The molecule has 0 aromatic carbocycles. The summed E-state index contributed by atoms with van der Waals surface area (Å²) in [4.78, 5) is 24.8. The Morgan fingerprint density at radius 3 is 2.95 bits per heavy atom. The van der Waals surface area contributed by atoms with E-state index in [1.54, 1.807) is 18.0 Å². The third-order valence-electron chi connectivity index (χ3n) is 3.41. The smallest absolute Gasteiger partial charge is 0.254 e. The maximum absolute atomic E-state index is 11.6. The minimum absolute atomic E-state index is 0.0464. The normalized spacial score (nSPS) is 31.1. The Labute approximate surface area is 117 Å². The molecule has 0 saturated carbocycles. The van der Waals surface area contributed by atoms with Crippen LogP contribution in [-0.2, 0) is 19.1 Å². The summed E-state index contributed by atoms with van der Waals surface area (Å²) in [6.07, 6.45) is 1.18. The zero-order valence-electron chi connectivity index (χ0n) is 11.7. The average Bonchev–Trinajstić information content (AvgIpc) is 2.75. The first-order chi connectivity index (χ1) is 9.55. The first-order valence-corrected chi connectivity index (χ1v) is 6.71. The lowest BCUT2D eigenvalue weighted by Crippen LogP contribution is -2.39. The highest BCUT2D eigenvalue weighted by atomic mass is 16.6. The first-order valence-electron chi connectivity index (χ1n) is 6.71. The second-order valence-electron chi connectivity index (χ2n) is 4.90. The van der Waals surface area contributed by atoms with Crippen molar-refractivity contribution in [3.63, 3.8) is 0 Å². The van der Waals surface area contributed by atoms with E-state index >= 15 is 0 Å². The van der Waals surface area contributed by atoms with Crippen molar-refractivity contribution >= 4 is 11.8 Å². The highest BCUT2D eigenvalue weighted by Gasteiger charge is 2.39. The molecule has 20 heavy (non-hydrogen) atoms. The van der Waals surface area contributed by atoms with Gasteiger partial charge in [0.1, 0.15) is 12.3 Å². The molecule has 2 N–H and O–H groups in total. The molecule has 2 amide bonds. The van der Waals surface area contributed by atoms with Gasteiger partial charge in [0.15, 0.2) is 0 Å². The van der Waals surface area contributed by atoms with Crippen LogP contribution in [-0.4, -0.2) is 60.0 Å². The van der Waals surface area contributed by atoms with Crippen LogP contribution in [0.4, 0.5) is 0 Å². The van der Waals surface area contributed by atoms with Gasteiger partial charge in [-0.15, -0.1) is 0 Å². The number of nitrogens with zero attached hydrogens (tertiary/aromatic N) is 1. The molecule has 3 atom stereocenters. The number of nitrogens with one attached hydrogen (secondary N) is 1. The molecular weight excluding hydrogens is 264 g/mol. The molecule has 0 bridgehead atoms. The fourth-order valence-electron chi connectivity index (χ4n) is 2.43. The van der Waals surface area contributed by atoms with Crippen LogP contribution in [0.15, 0.2) is 11.8 Å². The van der Waals surface area contributed by atoms with Crippen molar-refractivity contribution in [1.82, 2.24) is 10.2 Å². The average molecular weight is 284 g/mol. The van der Waals surface area contributed by atoms with Crippen LogP contribution >= 0.6 is 0 Å². The lowest BCUT2D eigenvalue weighted by molar-refractivity contribution is -0.130. The summed E-state index contributed by atoms with van der Waals surface area (Å²) in [5, 5.41) is 11.6. The van der Waals surface area contributed by atoms with E-state index in [-0.39, 0.29) is 31.4 Å². The summed E-state index contributed by atoms with van der Waals surface area (Å²) in [6, 6.07) is 0. The lowest BCUT2D eigenvalue weighted by Gasteiger charge is -2.25. The maximum atomic E-state index is 11.6. The molecule has 1 saturated heterocycles. The zero-order valence-corrected chi connectivity index (χ0v) is 11.7. The molecule has 1 fully saturated rings. The Morgan fingerprint density at radius 1 is 1.55 bits per heavy atom. The van der Waals surface area contributed by atoms with Crippen LogP contribution in [0.25, 0.3) is 0 Å². The summed E-state index contributed by atoms with van der Waals surface area (Å²) in [6.45, 7) is 3.96. The van der Waals surface area contributed by atoms with E-state index in [0.29, 0.717) is 18.6 Å². The molecule has 0 aromatic rings. The second-order valence-corrected chi connectivity index (χ2v) is 4.90. The number of rotatable bonds is 4. The lowest BCUT2D eigenvalue weighted by atomic mass is 10.2. The van der Waals surface area contributed by atoms with Gasteiger partial charge in [-0.3, -0.25) is 14.9 Å². The monoisotopic (exact) mass is 284 g/mol. The van der Waals surface area contributed by atoms with Crippen molar-refractivity contribution in [2.24, 2.45) is 0 Å². The van der Waals surface area contributed by atoms with E-state index in [2.05, 4.69) is 5.32 Å². The molecule has 7 heteroatoms. The van der Waals surface area contributed by atoms with Gasteiger partial charge in [0.05, 0.1) is 19.3 Å². The summed E-state index contributed by atoms with van der Waals surface area (Å²) >= 11 is 0. The van der Waals surface area contributed by atoms with Crippen molar-refractivity contribution < 1.29 is 24.2 Å². The van der Waals surface area contributed by atoms with Gasteiger partial charge in [-0.1, -0.05) is 0 Å². The highest BCUT2D eigenvalue weighted by molar-refractivity contribution is 6.05. The van der Waals surface area contributed by atoms with E-state index < -0.39 is 12.0 Å². The van der Waals surface area contributed by atoms with Gasteiger partial charge >= 0.3 is 0 Å². The van der Waals surface area contributed by atoms with Gasteiger partial charge in [0, 0.05) is 24.8 Å². The molecule has 0 radical (unpaired) electrons. The molecule has 1 unspecified atom stereocenters. The molecule has 0 aromatic heterocycles. The Morgan fingerprint density at radius 2 is 2.30 bits per heavy atom. The first kappa shape index (κ1) is 15.0. The zero-order chi connectivity index (χ0) is 14.7. The predicted molar refractivity (Wildman–Crippen MR) is 69.4 cm³/mol. The Kier molecular flexibility index (Phi) is 4.74. The van der Waals surface area contributed by atoms with Crippen molar-refractivity contribution in [3.05, 3.63) is 11.8 Å². The number of carbonyl (C=O) groups excluding carboxylic acids is 2. The number of amides is 2. The summed E-state index contributed by atoms with van der Waals surface area (Å²) < 4.78 is 11.3. The molecule has 2 aliphatic heterocycles. The second kappa shape index (κ2) is 6.34. The number of carbonyl (C=O) groups is 2. The van der Waals surface area contributed by atoms with Gasteiger partial charge in [-0.25, -0.2) is 0 Å². The minimum Gasteiger partial charge on any atom is -0.394 e. The number of hydrogen-bond acceptors (Lipinski definition) is 6. The fraction of sp³-hybridized carbons (Fsp3) is 0.692. The van der Waals surface area contributed by atoms with E-state index in [1.165, 1.54) is 0 Å². The van der Waals surface area contributed by atoms with Crippen molar-refractivity contribution in [1.29, 1.82) is 0 Å². The predicted octanol–water partition coefficient (Wildman–Crippen LogP) is -0.639. The van der Waals surface area contributed by atoms with Gasteiger partial charge in [-0.05, 0) is 13.8 Å².